The normalized spacial score (nSPS) is 12.8. The average molecular weight is 363 g/mol. The molecule has 2 aromatic carbocycles. The van der Waals surface area contributed by atoms with Gasteiger partial charge in [-0.2, -0.15) is 0 Å². The number of amidine groups is 1. The van der Waals surface area contributed by atoms with Gasteiger partial charge in [0.2, 0.25) is 5.91 Å². The van der Waals surface area contributed by atoms with Gasteiger partial charge in [-0.1, -0.05) is 18.2 Å². The number of aliphatic imine (C=N–C) groups is 1. The molecule has 1 aromatic heterocycles. The molecule has 1 atom stereocenters. The van der Waals surface area contributed by atoms with Crippen molar-refractivity contribution in [1.29, 1.82) is 0 Å². The zero-order chi connectivity index (χ0) is 19.4. The predicted molar refractivity (Wildman–Crippen MR) is 112 cm³/mol. The molecule has 4 N–H and O–H groups in total. The van der Waals surface area contributed by atoms with Gasteiger partial charge in [-0.25, -0.2) is 4.99 Å². The van der Waals surface area contributed by atoms with Crippen molar-refractivity contribution in [3.63, 3.8) is 0 Å². The number of rotatable bonds is 5. The number of hydrogen-bond acceptors (Lipinski definition) is 3. The summed E-state index contributed by atoms with van der Waals surface area (Å²) in [6, 6.07) is 14.8. The van der Waals surface area contributed by atoms with Gasteiger partial charge in [-0.15, -0.1) is 0 Å². The zero-order valence-corrected chi connectivity index (χ0v) is 15.9. The second-order valence-electron chi connectivity index (χ2n) is 6.76. The molecule has 0 bridgehead atoms. The van der Waals surface area contributed by atoms with Gasteiger partial charge in [0.15, 0.2) is 0 Å². The fourth-order valence-electron chi connectivity index (χ4n) is 2.77. The Morgan fingerprint density at radius 1 is 1.19 bits per heavy atom. The number of nitrogens with one attached hydrogen (secondary N) is 2. The monoisotopic (exact) mass is 363 g/mol. The number of benzene rings is 2. The molecule has 1 amide bonds. The Balaban J connectivity index is 1.63. The van der Waals surface area contributed by atoms with Crippen molar-refractivity contribution in [2.75, 3.05) is 19.4 Å². The first-order valence-electron chi connectivity index (χ1n) is 8.88. The predicted octanol–water partition coefficient (Wildman–Crippen LogP) is 3.29. The van der Waals surface area contributed by atoms with Crippen molar-refractivity contribution in [3.05, 3.63) is 60.3 Å². The molecule has 6 nitrogen and oxygen atoms in total. The number of fused-ring (bicyclic) bond motifs is 1. The lowest BCUT2D eigenvalue weighted by atomic mass is 10.0. The fourth-order valence-corrected chi connectivity index (χ4v) is 2.77. The van der Waals surface area contributed by atoms with E-state index in [2.05, 4.69) is 15.3 Å². The van der Waals surface area contributed by atoms with Gasteiger partial charge in [0.05, 0.1) is 11.7 Å². The van der Waals surface area contributed by atoms with Crippen LogP contribution < -0.4 is 11.1 Å². The van der Waals surface area contributed by atoms with Gasteiger partial charge in [0.1, 0.15) is 5.84 Å². The number of nitrogens with zero attached hydrogens (tertiary/aromatic N) is 2. The van der Waals surface area contributed by atoms with Gasteiger partial charge in [0, 0.05) is 36.9 Å². The Kier molecular flexibility index (Phi) is 5.57. The fraction of sp³-hybridized carbons (Fsp3) is 0.238. The molecule has 0 saturated heterocycles. The van der Waals surface area contributed by atoms with Crippen LogP contribution in [0.4, 0.5) is 11.4 Å². The Hall–Kier alpha value is -3.12. The standard InChI is InChI=1S/C21H25N5O/c1-14(26(2)3)24-16-8-10-17(11-9-16)25-21(27)19(22)12-15-13-23-20-7-5-4-6-18(15)20/h4-11,13,19,23H,12,22H2,1-3H3,(H,25,27). The number of aromatic nitrogens is 1. The highest BCUT2D eigenvalue weighted by molar-refractivity contribution is 5.95. The minimum absolute atomic E-state index is 0.207. The van der Waals surface area contributed by atoms with Crippen molar-refractivity contribution in [2.45, 2.75) is 19.4 Å². The van der Waals surface area contributed by atoms with E-state index in [4.69, 9.17) is 5.73 Å². The first kappa shape index (κ1) is 18.7. The summed E-state index contributed by atoms with van der Waals surface area (Å²) in [4.78, 5) is 22.1. The third-order valence-electron chi connectivity index (χ3n) is 4.52. The summed E-state index contributed by atoms with van der Waals surface area (Å²) in [6.07, 6.45) is 2.39. The van der Waals surface area contributed by atoms with E-state index < -0.39 is 6.04 Å². The molecule has 3 aromatic rings. The van der Waals surface area contributed by atoms with Crippen LogP contribution in [0.15, 0.2) is 59.7 Å². The van der Waals surface area contributed by atoms with Crippen LogP contribution in [0.2, 0.25) is 0 Å². The van der Waals surface area contributed by atoms with Crippen LogP contribution in [-0.4, -0.2) is 41.8 Å². The van der Waals surface area contributed by atoms with E-state index in [1.54, 1.807) is 0 Å². The third kappa shape index (κ3) is 4.54. The average Bonchev–Trinajstić information content (AvgIpc) is 3.06. The Morgan fingerprint density at radius 2 is 1.89 bits per heavy atom. The lowest BCUT2D eigenvalue weighted by Gasteiger charge is -2.13. The molecular weight excluding hydrogens is 338 g/mol. The molecule has 0 fully saturated rings. The van der Waals surface area contributed by atoms with Crippen LogP contribution in [0.1, 0.15) is 12.5 Å². The van der Waals surface area contributed by atoms with Crippen LogP contribution in [0, 0.1) is 0 Å². The number of amides is 1. The summed E-state index contributed by atoms with van der Waals surface area (Å²) in [7, 11) is 3.89. The maximum absolute atomic E-state index is 12.4. The summed E-state index contributed by atoms with van der Waals surface area (Å²) in [5.41, 5.74) is 9.75. The summed E-state index contributed by atoms with van der Waals surface area (Å²) in [5.74, 6) is 0.702. The number of hydrogen-bond donors (Lipinski definition) is 3. The van der Waals surface area contributed by atoms with Crippen LogP contribution in [-0.2, 0) is 11.2 Å². The third-order valence-corrected chi connectivity index (χ3v) is 4.52. The van der Waals surface area contributed by atoms with Crippen LogP contribution >= 0.6 is 0 Å². The quantitative estimate of drug-likeness (QED) is 0.480. The van der Waals surface area contributed by atoms with Gasteiger partial charge < -0.3 is 20.9 Å². The Bertz CT molecular complexity index is 956. The van der Waals surface area contributed by atoms with Gasteiger partial charge in [-0.3, -0.25) is 4.79 Å². The number of nitrogens with two attached hydrogens (primary N) is 1. The lowest BCUT2D eigenvalue weighted by molar-refractivity contribution is -0.117. The molecule has 1 heterocycles. The summed E-state index contributed by atoms with van der Waals surface area (Å²) >= 11 is 0. The van der Waals surface area contributed by atoms with Crippen molar-refractivity contribution in [3.8, 4) is 0 Å². The second-order valence-corrected chi connectivity index (χ2v) is 6.76. The van der Waals surface area contributed by atoms with E-state index >= 15 is 0 Å². The molecule has 1 unspecified atom stereocenters. The molecular formula is C21H25N5O. The summed E-state index contributed by atoms with van der Waals surface area (Å²) < 4.78 is 0. The highest BCUT2D eigenvalue weighted by Gasteiger charge is 2.16. The molecule has 0 spiro atoms. The van der Waals surface area contributed by atoms with E-state index in [0.717, 1.165) is 28.0 Å². The minimum Gasteiger partial charge on any atom is -0.366 e. The maximum Gasteiger partial charge on any atom is 0.241 e. The lowest BCUT2D eigenvalue weighted by Crippen LogP contribution is -2.37. The molecule has 0 radical (unpaired) electrons. The smallest absolute Gasteiger partial charge is 0.241 e. The number of aromatic amines is 1. The van der Waals surface area contributed by atoms with E-state index in [9.17, 15) is 4.79 Å². The molecule has 0 aliphatic heterocycles. The SMILES string of the molecule is CC(=Nc1ccc(NC(=O)C(N)Cc2c[nH]c3ccccc23)cc1)N(C)C. The number of anilines is 1. The number of para-hydroxylation sites is 1. The van der Waals surface area contributed by atoms with Gasteiger partial charge in [-0.05, 0) is 49.2 Å². The molecule has 3 rings (SSSR count). The topological polar surface area (TPSA) is 86.5 Å². The molecule has 6 heteroatoms. The van der Waals surface area contributed by atoms with Crippen LogP contribution in [0.3, 0.4) is 0 Å². The highest BCUT2D eigenvalue weighted by atomic mass is 16.2. The van der Waals surface area contributed by atoms with E-state index in [1.807, 2.05) is 80.6 Å². The minimum atomic E-state index is -0.627. The second kappa shape index (κ2) is 8.05. The largest absolute Gasteiger partial charge is 0.366 e. The maximum atomic E-state index is 12.4. The summed E-state index contributed by atoms with van der Waals surface area (Å²) in [6.45, 7) is 1.94. The first-order valence-corrected chi connectivity index (χ1v) is 8.88. The van der Waals surface area contributed by atoms with E-state index in [1.165, 1.54) is 0 Å². The molecule has 140 valence electrons. The number of carbonyl (C=O) groups is 1. The van der Waals surface area contributed by atoms with Crippen LogP contribution in [0.5, 0.6) is 0 Å². The summed E-state index contributed by atoms with van der Waals surface area (Å²) in [5, 5.41) is 3.97. The van der Waals surface area contributed by atoms with Crippen LogP contribution in [0.25, 0.3) is 10.9 Å². The molecule has 0 saturated carbocycles. The van der Waals surface area contributed by atoms with Gasteiger partial charge in [0.25, 0.3) is 0 Å². The van der Waals surface area contributed by atoms with Gasteiger partial charge >= 0.3 is 0 Å². The van der Waals surface area contributed by atoms with Crippen molar-refractivity contribution in [1.82, 2.24) is 9.88 Å². The Morgan fingerprint density at radius 3 is 2.59 bits per heavy atom. The molecule has 0 aliphatic carbocycles. The van der Waals surface area contributed by atoms with E-state index in [-0.39, 0.29) is 5.91 Å². The van der Waals surface area contributed by atoms with Crippen molar-refractivity contribution < 1.29 is 4.79 Å². The number of carbonyl (C=O) groups excluding carboxylic acids is 1. The van der Waals surface area contributed by atoms with Crippen molar-refractivity contribution in [2.24, 2.45) is 10.7 Å². The molecule has 0 aliphatic rings. The first-order chi connectivity index (χ1) is 12.9. The molecule has 27 heavy (non-hydrogen) atoms. The zero-order valence-electron chi connectivity index (χ0n) is 15.9. The van der Waals surface area contributed by atoms with E-state index in [0.29, 0.717) is 12.1 Å². The van der Waals surface area contributed by atoms with Crippen molar-refractivity contribution >= 4 is 34.0 Å². The highest BCUT2D eigenvalue weighted by Crippen LogP contribution is 2.20. The Labute approximate surface area is 159 Å². The number of H-pyrrole nitrogens is 1.